The first-order chi connectivity index (χ1) is 21.7. The van der Waals surface area contributed by atoms with E-state index in [0.717, 1.165) is 11.1 Å². The van der Waals surface area contributed by atoms with Crippen LogP contribution in [0.2, 0.25) is 0 Å². The summed E-state index contributed by atoms with van der Waals surface area (Å²) in [6, 6.07) is 10.2. The molecule has 0 fully saturated rings. The monoisotopic (exact) mass is 628 g/mol. The molecule has 0 aliphatic heterocycles. The number of aryl methyl sites for hydroxylation is 2. The lowest BCUT2D eigenvalue weighted by atomic mass is 9.85. The van der Waals surface area contributed by atoms with Crippen LogP contribution in [0.15, 0.2) is 48.7 Å². The number of carbonyl (C=O) groups is 4. The molecule has 0 aliphatic carbocycles. The first-order valence-corrected chi connectivity index (χ1v) is 14.6. The molecule has 2 aromatic heterocycles. The molecular weight excluding hydrogens is 592 g/mol. The fraction of sp³-hybridized carbons (Fsp3) is 0.312. The van der Waals surface area contributed by atoms with Gasteiger partial charge in [0.2, 0.25) is 5.95 Å². The van der Waals surface area contributed by atoms with E-state index in [4.69, 9.17) is 11.5 Å². The molecule has 14 nitrogen and oxygen atoms in total. The molecular formula is C32H36N8O6. The number of aromatic carboxylic acids is 1. The highest BCUT2D eigenvalue weighted by Gasteiger charge is 2.23. The van der Waals surface area contributed by atoms with Gasteiger partial charge in [0.15, 0.2) is 17.0 Å². The standard InChI is InChI=1S/C32H36N8O6/c1-32(2,3)19-11-13-21(22(15-19)29(43)44)28(42)35-14-4-5-23(30(45)46)38-27(41)18-9-6-17(7-10-18)8-12-20-16-36-26-24(37-20)25(33)39-31(34)40-26/h6-7,9-11,13,15-16,23H,4-5,8,12,14H2,1-3H3,(H,35,42)(H,38,41)(H,43,44)(H,45,46)(H4,33,34,36,39,40)/t23-/m0/s1. The summed E-state index contributed by atoms with van der Waals surface area (Å²) < 4.78 is 0. The Bertz CT molecular complexity index is 1790. The van der Waals surface area contributed by atoms with Gasteiger partial charge in [0.05, 0.1) is 23.0 Å². The number of amides is 2. The summed E-state index contributed by atoms with van der Waals surface area (Å²) in [5.74, 6) is -3.40. The molecule has 2 heterocycles. The van der Waals surface area contributed by atoms with Gasteiger partial charge in [-0.3, -0.25) is 9.59 Å². The van der Waals surface area contributed by atoms with Gasteiger partial charge >= 0.3 is 11.9 Å². The van der Waals surface area contributed by atoms with Crippen molar-refractivity contribution < 1.29 is 29.4 Å². The Hall–Kier alpha value is -5.66. The summed E-state index contributed by atoms with van der Waals surface area (Å²) >= 11 is 0. The zero-order chi connectivity index (χ0) is 33.6. The van der Waals surface area contributed by atoms with E-state index in [1.54, 1.807) is 36.5 Å². The highest BCUT2D eigenvalue weighted by Crippen LogP contribution is 2.25. The zero-order valence-corrected chi connectivity index (χ0v) is 25.7. The Morgan fingerprint density at radius 3 is 2.26 bits per heavy atom. The second kappa shape index (κ2) is 14.0. The van der Waals surface area contributed by atoms with Gasteiger partial charge in [-0.25, -0.2) is 19.6 Å². The largest absolute Gasteiger partial charge is 0.480 e. The first kappa shape index (κ1) is 33.2. The van der Waals surface area contributed by atoms with Crippen LogP contribution in [-0.4, -0.2) is 66.5 Å². The fourth-order valence-corrected chi connectivity index (χ4v) is 4.69. The summed E-state index contributed by atoms with van der Waals surface area (Å²) in [6.45, 7) is 5.91. The Morgan fingerprint density at radius 2 is 1.61 bits per heavy atom. The number of hydrogen-bond donors (Lipinski definition) is 6. The number of aromatic nitrogens is 4. The number of carbonyl (C=O) groups excluding carboxylic acids is 2. The molecule has 0 unspecified atom stereocenters. The quantitative estimate of drug-likeness (QED) is 0.124. The first-order valence-electron chi connectivity index (χ1n) is 14.6. The molecule has 0 spiro atoms. The minimum atomic E-state index is -1.22. The molecule has 14 heteroatoms. The van der Waals surface area contributed by atoms with Crippen LogP contribution in [0, 0.1) is 0 Å². The number of anilines is 2. The van der Waals surface area contributed by atoms with Gasteiger partial charge in [-0.2, -0.15) is 9.97 Å². The van der Waals surface area contributed by atoms with Gasteiger partial charge in [-0.05, 0) is 66.5 Å². The maximum absolute atomic E-state index is 12.8. The lowest BCUT2D eigenvalue weighted by Crippen LogP contribution is -2.41. The Labute approximate surface area is 264 Å². The van der Waals surface area contributed by atoms with E-state index in [9.17, 15) is 29.4 Å². The minimum Gasteiger partial charge on any atom is -0.480 e. The predicted molar refractivity (Wildman–Crippen MR) is 170 cm³/mol. The second-order valence-electron chi connectivity index (χ2n) is 11.8. The van der Waals surface area contributed by atoms with Crippen molar-refractivity contribution in [2.45, 2.75) is 57.9 Å². The number of fused-ring (bicyclic) bond motifs is 1. The van der Waals surface area contributed by atoms with Crippen LogP contribution in [0.1, 0.15) is 81.5 Å². The number of nitrogen functional groups attached to an aromatic ring is 2. The molecule has 0 saturated heterocycles. The second-order valence-corrected chi connectivity index (χ2v) is 11.8. The number of rotatable bonds is 12. The SMILES string of the molecule is CC(C)(C)c1ccc(C(=O)NCCC[C@H](NC(=O)c2ccc(CCc3cnc4nc(N)nc(N)c4n3)cc2)C(=O)O)c(C(=O)O)c1. The Kier molecular flexibility index (Phi) is 10.1. The summed E-state index contributed by atoms with van der Waals surface area (Å²) in [4.78, 5) is 65.8. The van der Waals surface area contributed by atoms with Crippen LogP contribution in [-0.2, 0) is 23.1 Å². The Balaban J connectivity index is 1.28. The molecule has 8 N–H and O–H groups in total. The number of nitrogens with one attached hydrogen (secondary N) is 2. The predicted octanol–water partition coefficient (Wildman–Crippen LogP) is 2.76. The third kappa shape index (κ3) is 8.28. The molecule has 4 aromatic rings. The average molecular weight is 629 g/mol. The number of nitrogens with two attached hydrogens (primary N) is 2. The number of benzene rings is 2. The third-order valence-electron chi connectivity index (χ3n) is 7.31. The summed E-state index contributed by atoms with van der Waals surface area (Å²) in [5, 5.41) is 24.4. The van der Waals surface area contributed by atoms with E-state index < -0.39 is 29.8 Å². The normalized spacial score (nSPS) is 12.0. The van der Waals surface area contributed by atoms with E-state index in [1.807, 2.05) is 20.8 Å². The van der Waals surface area contributed by atoms with Gasteiger partial charge in [-0.15, -0.1) is 0 Å². The summed E-state index contributed by atoms with van der Waals surface area (Å²) in [5.41, 5.74) is 14.4. The number of carboxylic acid groups (broad SMARTS) is 2. The molecule has 240 valence electrons. The van der Waals surface area contributed by atoms with Crippen molar-refractivity contribution in [1.82, 2.24) is 30.6 Å². The maximum Gasteiger partial charge on any atom is 0.336 e. The van der Waals surface area contributed by atoms with Crippen LogP contribution in [0.5, 0.6) is 0 Å². The number of carboxylic acids is 2. The minimum absolute atomic E-state index is 0.0159. The Morgan fingerprint density at radius 1 is 0.891 bits per heavy atom. The van der Waals surface area contributed by atoms with Crippen molar-refractivity contribution in [2.75, 3.05) is 18.0 Å². The van der Waals surface area contributed by atoms with E-state index in [-0.39, 0.29) is 53.3 Å². The highest BCUT2D eigenvalue weighted by atomic mass is 16.4. The van der Waals surface area contributed by atoms with Crippen molar-refractivity contribution in [2.24, 2.45) is 0 Å². The molecule has 0 radical (unpaired) electrons. The maximum atomic E-state index is 12.8. The van der Waals surface area contributed by atoms with Crippen molar-refractivity contribution >= 4 is 46.7 Å². The number of hydrogen-bond acceptors (Lipinski definition) is 10. The smallest absolute Gasteiger partial charge is 0.336 e. The van der Waals surface area contributed by atoms with Gasteiger partial charge in [0.1, 0.15) is 6.04 Å². The van der Waals surface area contributed by atoms with E-state index in [2.05, 4.69) is 30.6 Å². The molecule has 1 atom stereocenters. The lowest BCUT2D eigenvalue weighted by molar-refractivity contribution is -0.139. The van der Waals surface area contributed by atoms with E-state index >= 15 is 0 Å². The average Bonchev–Trinajstić information content (AvgIpc) is 3.00. The van der Waals surface area contributed by atoms with Crippen molar-refractivity contribution in [3.63, 3.8) is 0 Å². The molecule has 0 saturated carbocycles. The summed E-state index contributed by atoms with van der Waals surface area (Å²) in [6.07, 6.45) is 2.99. The molecule has 4 rings (SSSR count). The van der Waals surface area contributed by atoms with Crippen LogP contribution in [0.3, 0.4) is 0 Å². The molecule has 46 heavy (non-hydrogen) atoms. The number of aliphatic carboxylic acids is 1. The zero-order valence-electron chi connectivity index (χ0n) is 25.7. The van der Waals surface area contributed by atoms with Crippen LogP contribution < -0.4 is 22.1 Å². The number of nitrogens with zero attached hydrogens (tertiary/aromatic N) is 4. The van der Waals surface area contributed by atoms with E-state index in [1.165, 1.54) is 12.1 Å². The van der Waals surface area contributed by atoms with Crippen molar-refractivity contribution in [1.29, 1.82) is 0 Å². The summed E-state index contributed by atoms with van der Waals surface area (Å²) in [7, 11) is 0. The lowest BCUT2D eigenvalue weighted by Gasteiger charge is -2.20. The highest BCUT2D eigenvalue weighted by molar-refractivity contribution is 6.05. The van der Waals surface area contributed by atoms with Gasteiger partial charge in [0.25, 0.3) is 11.8 Å². The van der Waals surface area contributed by atoms with Crippen LogP contribution >= 0.6 is 0 Å². The topological polar surface area (TPSA) is 236 Å². The van der Waals surface area contributed by atoms with Gasteiger partial charge in [0, 0.05) is 12.1 Å². The van der Waals surface area contributed by atoms with Crippen LogP contribution in [0.25, 0.3) is 11.2 Å². The van der Waals surface area contributed by atoms with Crippen molar-refractivity contribution in [3.05, 3.63) is 82.2 Å². The van der Waals surface area contributed by atoms with Crippen molar-refractivity contribution in [3.8, 4) is 0 Å². The fourth-order valence-electron chi connectivity index (χ4n) is 4.69. The molecule has 0 aliphatic rings. The van der Waals surface area contributed by atoms with Crippen LogP contribution in [0.4, 0.5) is 11.8 Å². The molecule has 0 bridgehead atoms. The van der Waals surface area contributed by atoms with Gasteiger partial charge < -0.3 is 32.3 Å². The van der Waals surface area contributed by atoms with Gasteiger partial charge in [-0.1, -0.05) is 39.0 Å². The molecule has 2 aromatic carbocycles. The molecule has 2 amide bonds. The third-order valence-corrected chi connectivity index (χ3v) is 7.31. The van der Waals surface area contributed by atoms with E-state index in [0.29, 0.717) is 29.7 Å².